The smallest absolute Gasteiger partial charge is 0.266 e. The van der Waals surface area contributed by atoms with E-state index >= 15 is 0 Å². The molecule has 0 spiro atoms. The number of nitrogen functional groups attached to an aromatic ring is 1. The molecule has 21 heavy (non-hydrogen) atoms. The molecule has 3 rings (SSSR count). The zero-order valence-corrected chi connectivity index (χ0v) is 11.1. The third-order valence-electron chi connectivity index (χ3n) is 3.28. The lowest BCUT2D eigenvalue weighted by Crippen LogP contribution is -2.30. The number of hydrogen-bond donors (Lipinski definition) is 2. The summed E-state index contributed by atoms with van der Waals surface area (Å²) in [7, 11) is 0. The molecule has 3 aromatic rings. The van der Waals surface area contributed by atoms with Gasteiger partial charge in [-0.05, 0) is 36.4 Å². The van der Waals surface area contributed by atoms with Crippen molar-refractivity contribution in [3.05, 3.63) is 65.9 Å². The van der Waals surface area contributed by atoms with E-state index in [1.54, 1.807) is 18.2 Å². The van der Waals surface area contributed by atoms with E-state index in [4.69, 9.17) is 5.84 Å². The highest BCUT2D eigenvalue weighted by atomic mass is 19.1. The van der Waals surface area contributed by atoms with E-state index in [0.717, 1.165) is 16.6 Å². The summed E-state index contributed by atoms with van der Waals surface area (Å²) in [4.78, 5) is 15.6. The van der Waals surface area contributed by atoms with Crippen LogP contribution in [0.15, 0.2) is 48.8 Å². The number of fused-ring (bicyclic) bond motifs is 1. The molecular weight excluding hydrogens is 271 g/mol. The van der Waals surface area contributed by atoms with Crippen molar-refractivity contribution in [2.45, 2.75) is 6.54 Å². The Morgan fingerprint density at radius 3 is 2.86 bits per heavy atom. The van der Waals surface area contributed by atoms with E-state index in [2.05, 4.69) is 10.4 Å². The number of halogens is 1. The van der Waals surface area contributed by atoms with E-state index in [1.807, 2.05) is 16.8 Å². The third-order valence-corrected chi connectivity index (χ3v) is 3.28. The average molecular weight is 284 g/mol. The number of amides is 1. The minimum Gasteiger partial charge on any atom is -0.341 e. The molecule has 2 aromatic heterocycles. The van der Waals surface area contributed by atoms with Crippen molar-refractivity contribution in [2.24, 2.45) is 5.84 Å². The second-order valence-electron chi connectivity index (χ2n) is 4.66. The van der Waals surface area contributed by atoms with Crippen molar-refractivity contribution in [3.8, 4) is 0 Å². The fraction of sp³-hybridized carbons (Fsp3) is 0.0667. The fourth-order valence-corrected chi connectivity index (χ4v) is 2.22. The first-order chi connectivity index (χ1) is 10.2. The van der Waals surface area contributed by atoms with Crippen LogP contribution in [-0.4, -0.2) is 15.5 Å². The van der Waals surface area contributed by atoms with Crippen LogP contribution in [0, 0.1) is 5.82 Å². The highest BCUT2D eigenvalue weighted by molar-refractivity contribution is 5.93. The van der Waals surface area contributed by atoms with Crippen molar-refractivity contribution < 1.29 is 9.18 Å². The highest BCUT2D eigenvalue weighted by Gasteiger charge is 2.06. The quantitative estimate of drug-likeness (QED) is 0.438. The van der Waals surface area contributed by atoms with Crippen LogP contribution in [0.3, 0.4) is 0 Å². The minimum atomic E-state index is -0.379. The number of benzene rings is 1. The van der Waals surface area contributed by atoms with Gasteiger partial charge in [-0.1, -0.05) is 0 Å². The molecule has 106 valence electrons. The lowest BCUT2D eigenvalue weighted by molar-refractivity contribution is 0.0953. The van der Waals surface area contributed by atoms with Gasteiger partial charge in [0.1, 0.15) is 5.82 Å². The number of nitrogens with zero attached hydrogens (tertiary/aromatic N) is 2. The SMILES string of the molecule is NNC(=O)c1ccc(Cn2ccc3cc(F)ccc32)nc1. The Kier molecular flexibility index (Phi) is 3.37. The molecule has 1 amide bonds. The Labute approximate surface area is 120 Å². The normalized spacial score (nSPS) is 10.8. The Bertz CT molecular complexity index is 795. The number of pyridine rings is 1. The largest absolute Gasteiger partial charge is 0.341 e. The van der Waals surface area contributed by atoms with Crippen LogP contribution in [0.2, 0.25) is 0 Å². The molecule has 5 nitrogen and oxygen atoms in total. The molecule has 0 unspecified atom stereocenters. The maximum absolute atomic E-state index is 13.2. The summed E-state index contributed by atoms with van der Waals surface area (Å²) < 4.78 is 15.1. The van der Waals surface area contributed by atoms with Crippen molar-refractivity contribution in [3.63, 3.8) is 0 Å². The molecule has 1 aromatic carbocycles. The van der Waals surface area contributed by atoms with Crippen molar-refractivity contribution >= 4 is 16.8 Å². The van der Waals surface area contributed by atoms with Crippen molar-refractivity contribution in [1.29, 1.82) is 0 Å². The predicted molar refractivity (Wildman–Crippen MR) is 76.9 cm³/mol. The zero-order chi connectivity index (χ0) is 14.8. The summed E-state index contributed by atoms with van der Waals surface area (Å²) in [5.41, 5.74) is 4.19. The van der Waals surface area contributed by atoms with Crippen molar-refractivity contribution in [2.75, 3.05) is 0 Å². The molecule has 0 saturated carbocycles. The summed E-state index contributed by atoms with van der Waals surface area (Å²) in [5, 5.41) is 0.842. The molecule has 0 fully saturated rings. The summed E-state index contributed by atoms with van der Waals surface area (Å²) >= 11 is 0. The van der Waals surface area contributed by atoms with Gasteiger partial charge in [0.25, 0.3) is 5.91 Å². The molecule has 0 aliphatic heterocycles. The number of nitrogens with one attached hydrogen (secondary N) is 1. The Hall–Kier alpha value is -2.73. The van der Waals surface area contributed by atoms with Crippen LogP contribution >= 0.6 is 0 Å². The minimum absolute atomic E-state index is 0.254. The van der Waals surface area contributed by atoms with Crippen molar-refractivity contribution in [1.82, 2.24) is 15.0 Å². The second-order valence-corrected chi connectivity index (χ2v) is 4.66. The molecule has 6 heteroatoms. The topological polar surface area (TPSA) is 72.9 Å². The molecule has 2 heterocycles. The Morgan fingerprint density at radius 1 is 1.29 bits per heavy atom. The number of carbonyl (C=O) groups excluding carboxylic acids is 1. The first kappa shape index (κ1) is 13.3. The van der Waals surface area contributed by atoms with Crippen LogP contribution in [0.25, 0.3) is 10.9 Å². The Morgan fingerprint density at radius 2 is 2.14 bits per heavy atom. The maximum atomic E-state index is 13.2. The molecule has 0 aliphatic rings. The molecule has 0 bridgehead atoms. The van der Waals surface area contributed by atoms with Gasteiger partial charge in [-0.25, -0.2) is 10.2 Å². The monoisotopic (exact) mass is 284 g/mol. The van der Waals surface area contributed by atoms with Gasteiger partial charge in [0.15, 0.2) is 0 Å². The van der Waals surface area contributed by atoms with Crippen LogP contribution in [0.1, 0.15) is 16.1 Å². The number of carbonyl (C=O) groups is 1. The van der Waals surface area contributed by atoms with Crippen LogP contribution in [0.4, 0.5) is 4.39 Å². The van der Waals surface area contributed by atoms with E-state index in [1.165, 1.54) is 18.3 Å². The van der Waals surface area contributed by atoms with Gasteiger partial charge in [-0.15, -0.1) is 0 Å². The molecule has 3 N–H and O–H groups in total. The van der Waals surface area contributed by atoms with Gasteiger partial charge >= 0.3 is 0 Å². The summed E-state index contributed by atoms with van der Waals surface area (Å²) in [6.07, 6.45) is 3.36. The molecule has 0 aliphatic carbocycles. The first-order valence-corrected chi connectivity index (χ1v) is 6.37. The molecule has 0 atom stereocenters. The van der Waals surface area contributed by atoms with E-state index < -0.39 is 0 Å². The van der Waals surface area contributed by atoms with Gasteiger partial charge in [0, 0.05) is 23.3 Å². The summed E-state index contributed by atoms with van der Waals surface area (Å²) in [6, 6.07) is 9.94. The van der Waals surface area contributed by atoms with E-state index in [0.29, 0.717) is 12.1 Å². The van der Waals surface area contributed by atoms with Crippen LogP contribution in [0.5, 0.6) is 0 Å². The van der Waals surface area contributed by atoms with Crippen LogP contribution < -0.4 is 11.3 Å². The number of aromatic nitrogens is 2. The van der Waals surface area contributed by atoms with Gasteiger partial charge in [0.2, 0.25) is 0 Å². The zero-order valence-electron chi connectivity index (χ0n) is 11.1. The number of rotatable bonds is 3. The highest BCUT2D eigenvalue weighted by Crippen LogP contribution is 2.18. The maximum Gasteiger partial charge on any atom is 0.266 e. The fourth-order valence-electron chi connectivity index (χ4n) is 2.22. The molecular formula is C15H13FN4O. The predicted octanol–water partition coefficient (Wildman–Crippen LogP) is 1.83. The second kappa shape index (κ2) is 5.34. The van der Waals surface area contributed by atoms with Gasteiger partial charge < -0.3 is 4.57 Å². The van der Waals surface area contributed by atoms with E-state index in [-0.39, 0.29) is 11.7 Å². The lowest BCUT2D eigenvalue weighted by atomic mass is 10.2. The standard InChI is InChI=1S/C15H13FN4O/c16-12-2-4-14-10(7-12)5-6-20(14)9-13-3-1-11(8-18-13)15(21)19-17/h1-8H,9,17H2,(H,19,21). The summed E-state index contributed by atoms with van der Waals surface area (Å²) in [5.74, 6) is 4.43. The lowest BCUT2D eigenvalue weighted by Gasteiger charge is -2.06. The van der Waals surface area contributed by atoms with E-state index in [9.17, 15) is 9.18 Å². The average Bonchev–Trinajstić information content (AvgIpc) is 2.89. The summed E-state index contributed by atoms with van der Waals surface area (Å²) in [6.45, 7) is 0.541. The van der Waals surface area contributed by atoms with Gasteiger partial charge in [-0.3, -0.25) is 15.2 Å². The molecule has 0 saturated heterocycles. The number of hydrogen-bond acceptors (Lipinski definition) is 3. The van der Waals surface area contributed by atoms with Gasteiger partial charge in [0.05, 0.1) is 17.8 Å². The van der Waals surface area contributed by atoms with Crippen LogP contribution in [-0.2, 0) is 6.54 Å². The van der Waals surface area contributed by atoms with Gasteiger partial charge in [-0.2, -0.15) is 0 Å². The molecule has 0 radical (unpaired) electrons. The first-order valence-electron chi connectivity index (χ1n) is 6.37. The number of nitrogens with two attached hydrogens (primary N) is 1. The third kappa shape index (κ3) is 2.61. The Balaban J connectivity index is 1.86. The number of hydrazine groups is 1.